The second-order valence-electron chi connectivity index (χ2n) is 13.7. The van der Waals surface area contributed by atoms with Crippen molar-refractivity contribution in [1.29, 1.82) is 5.26 Å². The summed E-state index contributed by atoms with van der Waals surface area (Å²) >= 11 is 0. The smallest absolute Gasteiger partial charge is 0.169 e. The fraction of sp³-hybridized carbons (Fsp3) is 0. The molecule has 0 saturated heterocycles. The number of nitrogens with zero attached hydrogens (tertiary/aromatic N) is 3. The van der Waals surface area contributed by atoms with Gasteiger partial charge in [0.2, 0.25) is 0 Å². The van der Waals surface area contributed by atoms with E-state index in [9.17, 15) is 14.0 Å². The highest BCUT2D eigenvalue weighted by Gasteiger charge is 2.27. The van der Waals surface area contributed by atoms with E-state index in [4.69, 9.17) is 0 Å². The van der Waals surface area contributed by atoms with Crippen LogP contribution in [-0.4, -0.2) is 9.13 Å². The van der Waals surface area contributed by atoms with Crippen molar-refractivity contribution in [2.75, 3.05) is 0 Å². The van der Waals surface area contributed by atoms with Gasteiger partial charge < -0.3 is 9.13 Å². The molecule has 0 aliphatic rings. The first-order valence-electron chi connectivity index (χ1n) is 18.0. The van der Waals surface area contributed by atoms with Crippen LogP contribution in [0.15, 0.2) is 164 Å². The van der Waals surface area contributed by atoms with Crippen LogP contribution in [0.1, 0.15) is 5.56 Å². The highest BCUT2D eigenvalue weighted by atomic mass is 19.2. The molecule has 0 aliphatic heterocycles. The van der Waals surface area contributed by atoms with Crippen molar-refractivity contribution in [1.82, 2.24) is 9.13 Å². The monoisotopic (exact) mass is 733 g/mol. The molecule has 56 heavy (non-hydrogen) atoms. The first-order chi connectivity index (χ1) is 27.4. The van der Waals surface area contributed by atoms with E-state index in [1.807, 2.05) is 155 Å². The van der Waals surface area contributed by atoms with Crippen LogP contribution >= 0.6 is 0 Å². The molecule has 8 aromatic carbocycles. The standard InChI is InChI=1S/C49H27F4N3/c50-39-27-40(51)49(53)47(48(39)52)33-25-45(55-41-17-9-7-15-34(41)36-21-19-31(23-43(36)55)29-11-3-1-4-12-29)38(28-54)46(26-33)56-42-18-10-8-16-35(42)37-22-20-32(24-44(37)56)30-13-5-2-6-14-30/h1-27H. The first kappa shape index (κ1) is 33.2. The Hall–Kier alpha value is -7.43. The van der Waals surface area contributed by atoms with Gasteiger partial charge in [0, 0.05) is 27.6 Å². The molecule has 2 aromatic heterocycles. The van der Waals surface area contributed by atoms with Gasteiger partial charge in [-0.3, -0.25) is 0 Å². The molecule has 10 aromatic rings. The number of fused-ring (bicyclic) bond motifs is 6. The van der Waals surface area contributed by atoms with Crippen molar-refractivity contribution in [3.63, 3.8) is 0 Å². The van der Waals surface area contributed by atoms with Crippen LogP contribution in [0.2, 0.25) is 0 Å². The van der Waals surface area contributed by atoms with Gasteiger partial charge in [-0.1, -0.05) is 121 Å². The Bertz CT molecular complexity index is 3040. The molecule has 266 valence electrons. The molecule has 2 heterocycles. The van der Waals surface area contributed by atoms with Gasteiger partial charge in [0.1, 0.15) is 11.6 Å². The number of hydrogen-bond donors (Lipinski definition) is 0. The number of aromatic nitrogens is 2. The third-order valence-corrected chi connectivity index (χ3v) is 10.7. The third-order valence-electron chi connectivity index (χ3n) is 10.7. The third kappa shape index (κ3) is 5.04. The Labute approximate surface area is 318 Å². The zero-order valence-corrected chi connectivity index (χ0v) is 29.4. The second-order valence-corrected chi connectivity index (χ2v) is 13.7. The topological polar surface area (TPSA) is 33.6 Å². The van der Waals surface area contributed by atoms with E-state index in [0.717, 1.165) is 65.9 Å². The van der Waals surface area contributed by atoms with Gasteiger partial charge in [0.25, 0.3) is 0 Å². The second kappa shape index (κ2) is 12.9. The molecule has 10 rings (SSSR count). The lowest BCUT2D eigenvalue weighted by Gasteiger charge is -2.19. The summed E-state index contributed by atoms with van der Waals surface area (Å²) in [6, 6.07) is 52.8. The van der Waals surface area contributed by atoms with Gasteiger partial charge in [-0.05, 0) is 64.2 Å². The number of hydrogen-bond acceptors (Lipinski definition) is 1. The summed E-state index contributed by atoms with van der Waals surface area (Å²) in [5.74, 6) is -6.12. The maximum Gasteiger partial charge on any atom is 0.169 e. The molecule has 0 unspecified atom stereocenters. The van der Waals surface area contributed by atoms with E-state index in [1.165, 1.54) is 12.1 Å². The van der Waals surface area contributed by atoms with Crippen molar-refractivity contribution in [3.8, 4) is 50.8 Å². The van der Waals surface area contributed by atoms with Crippen LogP contribution in [0.5, 0.6) is 0 Å². The summed E-state index contributed by atoms with van der Waals surface area (Å²) in [4.78, 5) is 0. The van der Waals surface area contributed by atoms with E-state index < -0.39 is 28.8 Å². The van der Waals surface area contributed by atoms with Gasteiger partial charge in [-0.2, -0.15) is 5.26 Å². The van der Waals surface area contributed by atoms with Gasteiger partial charge in [-0.15, -0.1) is 0 Å². The molecule has 7 heteroatoms. The Morgan fingerprint density at radius 2 is 0.786 bits per heavy atom. The molecule has 0 radical (unpaired) electrons. The minimum Gasteiger partial charge on any atom is -0.308 e. The van der Waals surface area contributed by atoms with Gasteiger partial charge >= 0.3 is 0 Å². The molecule has 3 nitrogen and oxygen atoms in total. The molecule has 0 spiro atoms. The highest BCUT2D eigenvalue weighted by molar-refractivity contribution is 6.12. The molecule has 0 N–H and O–H groups in total. The summed E-state index contributed by atoms with van der Waals surface area (Å²) in [7, 11) is 0. The molecule has 0 saturated carbocycles. The van der Waals surface area contributed by atoms with Crippen LogP contribution in [0.25, 0.3) is 88.4 Å². The maximum absolute atomic E-state index is 15.9. The average molecular weight is 734 g/mol. The van der Waals surface area contributed by atoms with E-state index in [0.29, 0.717) is 0 Å². The summed E-state index contributed by atoms with van der Waals surface area (Å²) in [6.07, 6.45) is 0. The van der Waals surface area contributed by atoms with E-state index >= 15 is 8.78 Å². The predicted molar refractivity (Wildman–Crippen MR) is 216 cm³/mol. The summed E-state index contributed by atoms with van der Waals surface area (Å²) < 4.78 is 65.6. The molecule has 0 bridgehead atoms. The molecule has 0 atom stereocenters. The van der Waals surface area contributed by atoms with Gasteiger partial charge in [-0.25, -0.2) is 17.6 Å². The summed E-state index contributed by atoms with van der Waals surface area (Å²) in [6.45, 7) is 0. The Balaban J connectivity index is 1.38. The lowest BCUT2D eigenvalue weighted by atomic mass is 9.98. The molecular formula is C49H27F4N3. The van der Waals surface area contributed by atoms with Crippen molar-refractivity contribution in [2.45, 2.75) is 0 Å². The van der Waals surface area contributed by atoms with Crippen LogP contribution in [0, 0.1) is 34.6 Å². The molecule has 0 fully saturated rings. The minimum absolute atomic E-state index is 0.141. The minimum atomic E-state index is -1.53. The van der Waals surface area contributed by atoms with Gasteiger partial charge in [0.15, 0.2) is 23.3 Å². The summed E-state index contributed by atoms with van der Waals surface area (Å²) in [5.41, 5.74) is 6.43. The number of nitriles is 1. The number of halogens is 4. The maximum atomic E-state index is 15.9. The molecular weight excluding hydrogens is 707 g/mol. The fourth-order valence-electron chi connectivity index (χ4n) is 8.13. The highest BCUT2D eigenvalue weighted by Crippen LogP contribution is 2.42. The average Bonchev–Trinajstić information content (AvgIpc) is 3.75. The number of benzene rings is 8. The normalized spacial score (nSPS) is 11.6. The molecule has 0 aliphatic carbocycles. The first-order valence-corrected chi connectivity index (χ1v) is 18.0. The van der Waals surface area contributed by atoms with Crippen molar-refractivity contribution >= 4 is 43.6 Å². The Kier molecular flexibility index (Phi) is 7.62. The zero-order valence-electron chi connectivity index (χ0n) is 29.4. The van der Waals surface area contributed by atoms with E-state index in [2.05, 4.69) is 6.07 Å². The van der Waals surface area contributed by atoms with Gasteiger partial charge in [0.05, 0.1) is 39.0 Å². The fourth-order valence-corrected chi connectivity index (χ4v) is 8.13. The lowest BCUT2D eigenvalue weighted by Crippen LogP contribution is -2.07. The quantitative estimate of drug-likeness (QED) is 0.128. The molecule has 0 amide bonds. The van der Waals surface area contributed by atoms with Crippen LogP contribution in [0.3, 0.4) is 0 Å². The predicted octanol–water partition coefficient (Wildman–Crippen LogP) is 13.3. The van der Waals surface area contributed by atoms with E-state index in [1.54, 1.807) is 0 Å². The Morgan fingerprint density at radius 1 is 0.375 bits per heavy atom. The van der Waals surface area contributed by atoms with E-state index in [-0.39, 0.29) is 28.6 Å². The summed E-state index contributed by atoms with van der Waals surface area (Å²) in [5, 5.41) is 14.8. The largest absolute Gasteiger partial charge is 0.308 e. The lowest BCUT2D eigenvalue weighted by molar-refractivity contribution is 0.458. The van der Waals surface area contributed by atoms with Crippen molar-refractivity contribution in [3.05, 3.63) is 193 Å². The Morgan fingerprint density at radius 3 is 1.23 bits per heavy atom. The SMILES string of the molecule is N#Cc1c(-n2c3ccccc3c3ccc(-c4ccccc4)cc32)cc(-c2c(F)c(F)cc(F)c2F)cc1-n1c2ccccc2c2ccc(-c3ccccc3)cc21. The van der Waals surface area contributed by atoms with Crippen molar-refractivity contribution < 1.29 is 17.6 Å². The number of rotatable bonds is 5. The number of para-hydroxylation sites is 2. The van der Waals surface area contributed by atoms with Crippen LogP contribution in [-0.2, 0) is 0 Å². The van der Waals surface area contributed by atoms with Crippen molar-refractivity contribution in [2.24, 2.45) is 0 Å². The van der Waals surface area contributed by atoms with Crippen LogP contribution < -0.4 is 0 Å². The van der Waals surface area contributed by atoms with Crippen LogP contribution in [0.4, 0.5) is 17.6 Å². The zero-order chi connectivity index (χ0) is 38.1.